The Bertz CT molecular complexity index is 631. The van der Waals surface area contributed by atoms with Crippen molar-refractivity contribution in [3.8, 4) is 0 Å². The summed E-state index contributed by atoms with van der Waals surface area (Å²) in [4.78, 5) is 29.6. The number of carbonyl (C=O) groups is 1. The third kappa shape index (κ3) is 4.15. The van der Waals surface area contributed by atoms with Crippen LogP contribution in [0.1, 0.15) is 33.1 Å². The maximum absolute atomic E-state index is 12.7. The summed E-state index contributed by atoms with van der Waals surface area (Å²) in [6.45, 7) is 8.12. The van der Waals surface area contributed by atoms with Gasteiger partial charge in [-0.05, 0) is 45.2 Å². The molecule has 2 heterocycles. The number of benzene rings is 1. The normalized spacial score (nSPS) is 24.5. The highest BCUT2D eigenvalue weighted by molar-refractivity contribution is 5.79. The van der Waals surface area contributed by atoms with Crippen LogP contribution in [0.3, 0.4) is 0 Å². The predicted molar refractivity (Wildman–Crippen MR) is 101 cm³/mol. The van der Waals surface area contributed by atoms with E-state index in [1.54, 1.807) is 24.3 Å². The number of nitro benzene ring substituents is 1. The first-order chi connectivity index (χ1) is 12.5. The number of non-ortho nitro benzene ring substituents is 1. The second-order valence-corrected chi connectivity index (χ2v) is 7.47. The standard InChI is InChI=1S/C19H28N4O3/c1-15-4-3-5-16(2)22(15)19(24)14-20-10-12-21(13-11-20)17-6-8-18(9-7-17)23(25)26/h6-9,15-16H,3-5,10-14H2,1-2H3/t15-,16-/m1/s1. The van der Waals surface area contributed by atoms with Crippen molar-refractivity contribution in [3.05, 3.63) is 34.4 Å². The van der Waals surface area contributed by atoms with Gasteiger partial charge >= 0.3 is 0 Å². The van der Waals surface area contributed by atoms with Crippen molar-refractivity contribution in [2.24, 2.45) is 0 Å². The molecule has 0 aliphatic carbocycles. The first-order valence-electron chi connectivity index (χ1n) is 9.48. The van der Waals surface area contributed by atoms with Crippen molar-refractivity contribution in [2.45, 2.75) is 45.2 Å². The van der Waals surface area contributed by atoms with Gasteiger partial charge in [-0.1, -0.05) is 0 Å². The van der Waals surface area contributed by atoms with Crippen LogP contribution in [0.25, 0.3) is 0 Å². The predicted octanol–water partition coefficient (Wildman–Crippen LogP) is 2.51. The van der Waals surface area contributed by atoms with Crippen LogP contribution in [0.4, 0.5) is 11.4 Å². The van der Waals surface area contributed by atoms with Crippen molar-refractivity contribution < 1.29 is 9.72 Å². The molecule has 0 unspecified atom stereocenters. The molecule has 3 rings (SSSR count). The van der Waals surface area contributed by atoms with Crippen LogP contribution in [0, 0.1) is 10.1 Å². The lowest BCUT2D eigenvalue weighted by Gasteiger charge is -2.41. The van der Waals surface area contributed by atoms with Crippen LogP contribution < -0.4 is 4.90 Å². The molecule has 1 aromatic carbocycles. The molecule has 26 heavy (non-hydrogen) atoms. The molecule has 0 bridgehead atoms. The van der Waals surface area contributed by atoms with E-state index in [9.17, 15) is 14.9 Å². The number of likely N-dealkylation sites (tertiary alicyclic amines) is 1. The monoisotopic (exact) mass is 360 g/mol. The van der Waals surface area contributed by atoms with Crippen LogP contribution in [0.5, 0.6) is 0 Å². The molecule has 7 heteroatoms. The second kappa shape index (κ2) is 8.03. The zero-order valence-electron chi connectivity index (χ0n) is 15.6. The molecule has 2 aliphatic heterocycles. The van der Waals surface area contributed by atoms with Crippen LogP contribution in [-0.4, -0.2) is 65.4 Å². The molecule has 0 radical (unpaired) electrons. The minimum Gasteiger partial charge on any atom is -0.369 e. The van der Waals surface area contributed by atoms with Crippen molar-refractivity contribution in [3.63, 3.8) is 0 Å². The Hall–Kier alpha value is -2.15. The molecule has 2 fully saturated rings. The fraction of sp³-hybridized carbons (Fsp3) is 0.632. The smallest absolute Gasteiger partial charge is 0.269 e. The van der Waals surface area contributed by atoms with Crippen molar-refractivity contribution >= 4 is 17.3 Å². The number of carbonyl (C=O) groups excluding carboxylic acids is 1. The number of amides is 1. The van der Waals surface area contributed by atoms with Gasteiger partial charge in [-0.3, -0.25) is 19.8 Å². The van der Waals surface area contributed by atoms with Gasteiger partial charge in [-0.25, -0.2) is 0 Å². The number of rotatable bonds is 4. The number of nitro groups is 1. The van der Waals surface area contributed by atoms with E-state index < -0.39 is 0 Å². The lowest BCUT2D eigenvalue weighted by Crippen LogP contribution is -2.54. The molecule has 0 N–H and O–H groups in total. The fourth-order valence-corrected chi connectivity index (χ4v) is 4.14. The number of anilines is 1. The minimum absolute atomic E-state index is 0.114. The highest BCUT2D eigenvalue weighted by Crippen LogP contribution is 2.23. The van der Waals surface area contributed by atoms with Gasteiger partial charge in [0.25, 0.3) is 5.69 Å². The maximum Gasteiger partial charge on any atom is 0.269 e. The number of hydrogen-bond donors (Lipinski definition) is 0. The largest absolute Gasteiger partial charge is 0.369 e. The first-order valence-corrected chi connectivity index (χ1v) is 9.48. The van der Waals surface area contributed by atoms with Gasteiger partial charge in [0, 0.05) is 56.1 Å². The summed E-state index contributed by atoms with van der Waals surface area (Å²) >= 11 is 0. The lowest BCUT2D eigenvalue weighted by atomic mass is 9.97. The second-order valence-electron chi connectivity index (χ2n) is 7.47. The number of nitrogens with zero attached hydrogens (tertiary/aromatic N) is 4. The summed E-state index contributed by atoms with van der Waals surface area (Å²) in [6, 6.07) is 7.38. The van der Waals surface area contributed by atoms with Crippen LogP contribution in [0.15, 0.2) is 24.3 Å². The van der Waals surface area contributed by atoms with Crippen molar-refractivity contribution in [1.29, 1.82) is 0 Å². The van der Waals surface area contributed by atoms with E-state index in [1.807, 2.05) is 0 Å². The van der Waals surface area contributed by atoms with E-state index in [1.165, 1.54) is 6.42 Å². The van der Waals surface area contributed by atoms with Gasteiger partial charge in [0.2, 0.25) is 5.91 Å². The molecule has 0 saturated carbocycles. The molecule has 2 aliphatic rings. The number of hydrogen-bond acceptors (Lipinski definition) is 5. The Morgan fingerprint density at radius 2 is 1.65 bits per heavy atom. The van der Waals surface area contributed by atoms with E-state index in [0.29, 0.717) is 18.6 Å². The minimum atomic E-state index is -0.379. The Morgan fingerprint density at radius 3 is 2.19 bits per heavy atom. The van der Waals surface area contributed by atoms with Gasteiger partial charge in [-0.2, -0.15) is 0 Å². The summed E-state index contributed by atoms with van der Waals surface area (Å²) < 4.78 is 0. The molecule has 142 valence electrons. The van der Waals surface area contributed by atoms with Crippen molar-refractivity contribution in [2.75, 3.05) is 37.6 Å². The van der Waals surface area contributed by atoms with E-state index in [2.05, 4.69) is 28.5 Å². The molecule has 2 saturated heterocycles. The SMILES string of the molecule is C[C@@H]1CCC[C@@H](C)N1C(=O)CN1CCN(c2ccc([N+](=O)[O-])cc2)CC1. The molecular weight excluding hydrogens is 332 g/mol. The fourth-order valence-electron chi connectivity index (χ4n) is 4.14. The number of piperazine rings is 1. The molecule has 1 amide bonds. The molecule has 0 spiro atoms. The molecule has 0 aromatic heterocycles. The topological polar surface area (TPSA) is 69.9 Å². The maximum atomic E-state index is 12.7. The third-order valence-electron chi connectivity index (χ3n) is 5.64. The Labute approximate surface area is 154 Å². The first kappa shape index (κ1) is 18.6. The van der Waals surface area contributed by atoms with Gasteiger partial charge in [-0.15, -0.1) is 0 Å². The Balaban J connectivity index is 1.52. The highest BCUT2D eigenvalue weighted by Gasteiger charge is 2.30. The van der Waals surface area contributed by atoms with Crippen LogP contribution >= 0.6 is 0 Å². The van der Waals surface area contributed by atoms with Crippen LogP contribution in [-0.2, 0) is 4.79 Å². The number of piperidine rings is 1. The Morgan fingerprint density at radius 1 is 1.08 bits per heavy atom. The van der Waals surface area contributed by atoms with Gasteiger partial charge in [0.1, 0.15) is 0 Å². The molecule has 2 atom stereocenters. The van der Waals surface area contributed by atoms with E-state index in [0.717, 1.165) is 44.7 Å². The zero-order chi connectivity index (χ0) is 18.7. The highest BCUT2D eigenvalue weighted by atomic mass is 16.6. The molecule has 7 nitrogen and oxygen atoms in total. The average molecular weight is 360 g/mol. The Kier molecular flexibility index (Phi) is 5.76. The summed E-state index contributed by atoms with van der Waals surface area (Å²) in [5, 5.41) is 10.8. The summed E-state index contributed by atoms with van der Waals surface area (Å²) in [5.74, 6) is 0.244. The van der Waals surface area contributed by atoms with Crippen LogP contribution in [0.2, 0.25) is 0 Å². The van der Waals surface area contributed by atoms with Gasteiger partial charge < -0.3 is 9.80 Å². The van der Waals surface area contributed by atoms with Gasteiger partial charge in [0.15, 0.2) is 0 Å². The molecular formula is C19H28N4O3. The summed E-state index contributed by atoms with van der Waals surface area (Å²) in [6.07, 6.45) is 3.41. The summed E-state index contributed by atoms with van der Waals surface area (Å²) in [5.41, 5.74) is 1.11. The van der Waals surface area contributed by atoms with E-state index in [-0.39, 0.29) is 16.5 Å². The van der Waals surface area contributed by atoms with Crippen molar-refractivity contribution in [1.82, 2.24) is 9.80 Å². The third-order valence-corrected chi connectivity index (χ3v) is 5.64. The van der Waals surface area contributed by atoms with Gasteiger partial charge in [0.05, 0.1) is 11.5 Å². The average Bonchev–Trinajstić information content (AvgIpc) is 2.62. The zero-order valence-corrected chi connectivity index (χ0v) is 15.6. The lowest BCUT2D eigenvalue weighted by molar-refractivity contribution is -0.384. The summed E-state index contributed by atoms with van der Waals surface area (Å²) in [7, 11) is 0. The quantitative estimate of drug-likeness (QED) is 0.609. The van der Waals surface area contributed by atoms with E-state index >= 15 is 0 Å². The van der Waals surface area contributed by atoms with E-state index in [4.69, 9.17) is 0 Å². The molecule has 1 aromatic rings.